The van der Waals surface area contributed by atoms with Crippen LogP contribution in [0.2, 0.25) is 0 Å². The Bertz CT molecular complexity index is 635. The standard InChI is InChI=1S/C20H31N3O3S.HI/c1-3-21-20(23-13-10-18(11-14-23)19(24)26-4-2)22-12-15-27(25)16-17-8-6-5-7-9-17;/h5-9,18H,3-4,10-16H2,1-2H3,(H,21,22);1H. The van der Waals surface area contributed by atoms with Crippen molar-refractivity contribution < 1.29 is 13.7 Å². The van der Waals surface area contributed by atoms with Gasteiger partial charge in [-0.25, -0.2) is 0 Å². The van der Waals surface area contributed by atoms with E-state index in [2.05, 4.69) is 15.2 Å². The summed E-state index contributed by atoms with van der Waals surface area (Å²) in [5.74, 6) is 1.86. The number of carbonyl (C=O) groups excluding carboxylic acids is 1. The van der Waals surface area contributed by atoms with Crippen molar-refractivity contribution in [3.8, 4) is 0 Å². The highest BCUT2D eigenvalue weighted by molar-refractivity contribution is 14.0. The van der Waals surface area contributed by atoms with Gasteiger partial charge < -0.3 is 15.0 Å². The van der Waals surface area contributed by atoms with Gasteiger partial charge in [-0.3, -0.25) is 14.0 Å². The molecule has 1 fully saturated rings. The van der Waals surface area contributed by atoms with Crippen molar-refractivity contribution in [2.45, 2.75) is 32.4 Å². The van der Waals surface area contributed by atoms with E-state index in [1.165, 1.54) is 0 Å². The first kappa shape index (κ1) is 24.9. The zero-order valence-electron chi connectivity index (χ0n) is 16.8. The Labute approximate surface area is 188 Å². The predicted molar refractivity (Wildman–Crippen MR) is 125 cm³/mol. The minimum Gasteiger partial charge on any atom is -0.466 e. The number of likely N-dealkylation sites (tertiary alicyclic amines) is 1. The van der Waals surface area contributed by atoms with Crippen molar-refractivity contribution in [3.05, 3.63) is 35.9 Å². The summed E-state index contributed by atoms with van der Waals surface area (Å²) < 4.78 is 17.4. The first-order chi connectivity index (χ1) is 13.1. The molecule has 0 radical (unpaired) electrons. The molecule has 0 aromatic heterocycles. The fourth-order valence-electron chi connectivity index (χ4n) is 3.10. The van der Waals surface area contributed by atoms with E-state index >= 15 is 0 Å². The summed E-state index contributed by atoms with van der Waals surface area (Å²) in [6, 6.07) is 9.89. The average molecular weight is 521 g/mol. The number of ether oxygens (including phenoxy) is 1. The van der Waals surface area contributed by atoms with Gasteiger partial charge in [-0.2, -0.15) is 0 Å². The van der Waals surface area contributed by atoms with Gasteiger partial charge in [-0.05, 0) is 32.3 Å². The molecule has 1 aliphatic rings. The Morgan fingerprint density at radius 3 is 2.54 bits per heavy atom. The number of nitrogens with one attached hydrogen (secondary N) is 1. The Hall–Kier alpha value is -1.16. The highest BCUT2D eigenvalue weighted by Crippen LogP contribution is 2.18. The van der Waals surface area contributed by atoms with Crippen LogP contribution >= 0.6 is 24.0 Å². The van der Waals surface area contributed by atoms with Gasteiger partial charge in [0.25, 0.3) is 0 Å². The molecule has 1 aromatic carbocycles. The predicted octanol–water partition coefficient (Wildman–Crippen LogP) is 2.79. The summed E-state index contributed by atoms with van der Waals surface area (Å²) in [5, 5.41) is 3.31. The zero-order valence-corrected chi connectivity index (χ0v) is 19.9. The van der Waals surface area contributed by atoms with Crippen LogP contribution in [0.3, 0.4) is 0 Å². The summed E-state index contributed by atoms with van der Waals surface area (Å²) in [6.07, 6.45) is 1.56. The molecule has 0 amide bonds. The SMILES string of the molecule is CCNC(=NCCS(=O)Cc1ccccc1)N1CCC(C(=O)OCC)CC1.I. The summed E-state index contributed by atoms with van der Waals surface area (Å²) in [5.41, 5.74) is 1.09. The fourth-order valence-corrected chi connectivity index (χ4v) is 4.10. The minimum atomic E-state index is -0.925. The van der Waals surface area contributed by atoms with E-state index in [4.69, 9.17) is 4.74 Å². The number of esters is 1. The highest BCUT2D eigenvalue weighted by Gasteiger charge is 2.27. The lowest BCUT2D eigenvalue weighted by molar-refractivity contribution is -0.149. The molecular weight excluding hydrogens is 489 g/mol. The van der Waals surface area contributed by atoms with E-state index < -0.39 is 10.8 Å². The number of piperidine rings is 1. The molecular formula is C20H32IN3O3S. The van der Waals surface area contributed by atoms with Crippen molar-refractivity contribution in [2.24, 2.45) is 10.9 Å². The molecule has 1 aromatic rings. The molecule has 158 valence electrons. The summed E-state index contributed by atoms with van der Waals surface area (Å²) in [4.78, 5) is 18.7. The molecule has 0 bridgehead atoms. The first-order valence-corrected chi connectivity index (χ1v) is 11.2. The molecule has 28 heavy (non-hydrogen) atoms. The quantitative estimate of drug-likeness (QED) is 0.247. The summed E-state index contributed by atoms with van der Waals surface area (Å²) >= 11 is 0. The van der Waals surface area contributed by atoms with E-state index in [9.17, 15) is 9.00 Å². The van der Waals surface area contributed by atoms with E-state index in [1.807, 2.05) is 44.2 Å². The number of aliphatic imine (C=N–C) groups is 1. The largest absolute Gasteiger partial charge is 0.466 e. The number of halogens is 1. The number of hydrogen-bond acceptors (Lipinski definition) is 4. The normalized spacial score (nSPS) is 16.2. The van der Waals surface area contributed by atoms with Crippen LogP contribution in [0.4, 0.5) is 0 Å². The molecule has 1 heterocycles. The summed E-state index contributed by atoms with van der Waals surface area (Å²) in [7, 11) is -0.925. The molecule has 1 saturated heterocycles. The molecule has 0 aliphatic carbocycles. The molecule has 1 N–H and O–H groups in total. The third kappa shape index (κ3) is 8.46. The number of benzene rings is 1. The lowest BCUT2D eigenvalue weighted by atomic mass is 9.97. The van der Waals surface area contributed by atoms with Crippen LogP contribution in [-0.2, 0) is 26.1 Å². The van der Waals surface area contributed by atoms with Crippen molar-refractivity contribution >= 4 is 46.7 Å². The van der Waals surface area contributed by atoms with Crippen LogP contribution in [0.15, 0.2) is 35.3 Å². The Kier molecular flexibility index (Phi) is 12.4. The zero-order chi connectivity index (χ0) is 19.5. The summed E-state index contributed by atoms with van der Waals surface area (Å²) in [6.45, 7) is 7.18. The van der Waals surface area contributed by atoms with Gasteiger partial charge in [0.2, 0.25) is 0 Å². The molecule has 1 unspecified atom stereocenters. The maximum absolute atomic E-state index is 12.3. The second kappa shape index (κ2) is 13.9. The van der Waals surface area contributed by atoms with E-state index in [0.717, 1.165) is 44.0 Å². The van der Waals surface area contributed by atoms with Crippen molar-refractivity contribution in [2.75, 3.05) is 38.5 Å². The number of rotatable bonds is 8. The van der Waals surface area contributed by atoms with Crippen molar-refractivity contribution in [1.29, 1.82) is 0 Å². The topological polar surface area (TPSA) is 71.0 Å². The number of guanidine groups is 1. The number of hydrogen-bond donors (Lipinski definition) is 1. The van der Waals surface area contributed by atoms with Gasteiger partial charge in [-0.15, -0.1) is 24.0 Å². The second-order valence-corrected chi connectivity index (χ2v) is 8.10. The van der Waals surface area contributed by atoms with E-state index in [1.54, 1.807) is 0 Å². The van der Waals surface area contributed by atoms with Crippen LogP contribution in [0.5, 0.6) is 0 Å². The second-order valence-electron chi connectivity index (χ2n) is 6.52. The average Bonchev–Trinajstić information content (AvgIpc) is 2.68. The molecule has 6 nitrogen and oxygen atoms in total. The van der Waals surface area contributed by atoms with Gasteiger partial charge in [0.1, 0.15) is 0 Å². The van der Waals surface area contributed by atoms with Crippen molar-refractivity contribution in [1.82, 2.24) is 10.2 Å². The van der Waals surface area contributed by atoms with Crippen molar-refractivity contribution in [3.63, 3.8) is 0 Å². The van der Waals surface area contributed by atoms with Gasteiger partial charge >= 0.3 is 5.97 Å². The maximum Gasteiger partial charge on any atom is 0.309 e. The molecule has 0 saturated carbocycles. The molecule has 0 spiro atoms. The van der Waals surface area contributed by atoms with Gasteiger partial charge in [0, 0.05) is 41.9 Å². The lowest BCUT2D eigenvalue weighted by Gasteiger charge is -2.33. The fraction of sp³-hybridized carbons (Fsp3) is 0.600. The lowest BCUT2D eigenvalue weighted by Crippen LogP contribution is -2.46. The molecule has 1 atom stereocenters. The van der Waals surface area contributed by atoms with Crippen LogP contribution < -0.4 is 5.32 Å². The van der Waals surface area contributed by atoms with Crippen LogP contribution in [-0.4, -0.2) is 59.6 Å². The third-order valence-corrected chi connectivity index (χ3v) is 5.79. The van der Waals surface area contributed by atoms with Crippen LogP contribution in [0, 0.1) is 5.92 Å². The third-order valence-electron chi connectivity index (χ3n) is 4.50. The Morgan fingerprint density at radius 1 is 1.25 bits per heavy atom. The smallest absolute Gasteiger partial charge is 0.309 e. The van der Waals surface area contributed by atoms with Crippen LogP contribution in [0.1, 0.15) is 32.3 Å². The number of nitrogens with zero attached hydrogens (tertiary/aromatic N) is 2. The maximum atomic E-state index is 12.3. The minimum absolute atomic E-state index is 0. The molecule has 8 heteroatoms. The monoisotopic (exact) mass is 521 g/mol. The van der Waals surface area contributed by atoms with E-state index in [-0.39, 0.29) is 35.9 Å². The van der Waals surface area contributed by atoms with E-state index in [0.29, 0.717) is 24.7 Å². The Balaban J connectivity index is 0.00000392. The van der Waals surface area contributed by atoms with Crippen LogP contribution in [0.25, 0.3) is 0 Å². The molecule has 1 aliphatic heterocycles. The highest BCUT2D eigenvalue weighted by atomic mass is 127. The van der Waals surface area contributed by atoms with Gasteiger partial charge in [0.15, 0.2) is 5.96 Å². The first-order valence-electron chi connectivity index (χ1n) is 9.72. The Morgan fingerprint density at radius 2 is 1.93 bits per heavy atom. The molecule has 2 rings (SSSR count). The number of carbonyl (C=O) groups is 1. The van der Waals surface area contributed by atoms with Gasteiger partial charge in [0.05, 0.1) is 19.1 Å². The van der Waals surface area contributed by atoms with Gasteiger partial charge in [-0.1, -0.05) is 30.3 Å².